The molecular formula is C18H23N5OS. The number of hydrogen-bond acceptors (Lipinski definition) is 6. The lowest BCUT2D eigenvalue weighted by Crippen LogP contribution is -2.47. The van der Waals surface area contributed by atoms with Gasteiger partial charge in [-0.15, -0.1) is 11.8 Å². The molecule has 6 nitrogen and oxygen atoms in total. The molecule has 1 aliphatic heterocycles. The number of aromatic nitrogens is 2. The second-order valence-electron chi connectivity index (χ2n) is 5.88. The second kappa shape index (κ2) is 8.82. The van der Waals surface area contributed by atoms with Gasteiger partial charge in [0.05, 0.1) is 5.69 Å². The van der Waals surface area contributed by atoms with E-state index in [-0.39, 0.29) is 5.91 Å². The van der Waals surface area contributed by atoms with Crippen LogP contribution in [0.2, 0.25) is 0 Å². The third-order valence-electron chi connectivity index (χ3n) is 4.24. The number of carbonyl (C=O) groups excluding carboxylic acids is 1. The Morgan fingerprint density at radius 3 is 2.56 bits per heavy atom. The molecule has 1 aromatic heterocycles. The van der Waals surface area contributed by atoms with Gasteiger partial charge in [0.1, 0.15) is 0 Å². The molecule has 2 heterocycles. The maximum absolute atomic E-state index is 12.2. The molecule has 0 atom stereocenters. The van der Waals surface area contributed by atoms with E-state index in [0.29, 0.717) is 6.42 Å². The van der Waals surface area contributed by atoms with E-state index >= 15 is 0 Å². The van der Waals surface area contributed by atoms with Gasteiger partial charge in [-0.1, -0.05) is 12.1 Å². The van der Waals surface area contributed by atoms with Crippen LogP contribution < -0.4 is 10.2 Å². The van der Waals surface area contributed by atoms with Crippen molar-refractivity contribution in [3.8, 4) is 0 Å². The average Bonchev–Trinajstić information content (AvgIpc) is 2.68. The quantitative estimate of drug-likeness (QED) is 0.801. The lowest BCUT2D eigenvalue weighted by Gasteiger charge is -2.34. The summed E-state index contributed by atoms with van der Waals surface area (Å²) in [6.07, 6.45) is 6.06. The SMILES string of the molecule is CSc1ccccc1NC(=O)CCN1CCN(c2ncccn2)CC1. The number of carbonyl (C=O) groups is 1. The van der Waals surface area contributed by atoms with E-state index < -0.39 is 0 Å². The van der Waals surface area contributed by atoms with Gasteiger partial charge in [-0.3, -0.25) is 9.69 Å². The Kier molecular flexibility index (Phi) is 6.25. The molecule has 0 unspecified atom stereocenters. The number of nitrogens with one attached hydrogen (secondary N) is 1. The molecule has 1 aliphatic rings. The van der Waals surface area contributed by atoms with Gasteiger partial charge in [0.2, 0.25) is 11.9 Å². The zero-order chi connectivity index (χ0) is 17.5. The maximum atomic E-state index is 12.2. The minimum atomic E-state index is 0.0651. The van der Waals surface area contributed by atoms with Crippen LogP contribution >= 0.6 is 11.8 Å². The van der Waals surface area contributed by atoms with E-state index in [2.05, 4.69) is 25.1 Å². The van der Waals surface area contributed by atoms with Gasteiger partial charge in [0, 0.05) is 56.4 Å². The summed E-state index contributed by atoms with van der Waals surface area (Å²) in [6.45, 7) is 4.40. The summed E-state index contributed by atoms with van der Waals surface area (Å²) >= 11 is 1.64. The molecule has 1 N–H and O–H groups in total. The van der Waals surface area contributed by atoms with Gasteiger partial charge >= 0.3 is 0 Å². The van der Waals surface area contributed by atoms with Crippen LogP contribution in [-0.4, -0.2) is 59.8 Å². The summed E-state index contributed by atoms with van der Waals surface area (Å²) < 4.78 is 0. The van der Waals surface area contributed by atoms with E-state index in [1.165, 1.54) is 0 Å². The molecular weight excluding hydrogens is 334 g/mol. The van der Waals surface area contributed by atoms with Crippen molar-refractivity contribution in [2.75, 3.05) is 49.2 Å². The molecule has 1 amide bonds. The van der Waals surface area contributed by atoms with Crippen LogP contribution in [0.5, 0.6) is 0 Å². The predicted molar refractivity (Wildman–Crippen MR) is 102 cm³/mol. The van der Waals surface area contributed by atoms with E-state index in [0.717, 1.165) is 49.3 Å². The van der Waals surface area contributed by atoms with Crippen LogP contribution in [-0.2, 0) is 4.79 Å². The highest BCUT2D eigenvalue weighted by Gasteiger charge is 2.19. The molecule has 2 aromatic rings. The van der Waals surface area contributed by atoms with Crippen molar-refractivity contribution in [1.82, 2.24) is 14.9 Å². The lowest BCUT2D eigenvalue weighted by atomic mass is 10.2. The Morgan fingerprint density at radius 1 is 1.12 bits per heavy atom. The average molecular weight is 357 g/mol. The Hall–Kier alpha value is -2.12. The molecule has 7 heteroatoms. The van der Waals surface area contributed by atoms with E-state index in [9.17, 15) is 4.79 Å². The van der Waals surface area contributed by atoms with Crippen LogP contribution in [0.1, 0.15) is 6.42 Å². The van der Waals surface area contributed by atoms with Gasteiger partial charge in [-0.05, 0) is 24.5 Å². The highest BCUT2D eigenvalue weighted by Crippen LogP contribution is 2.24. The number of piperazine rings is 1. The fraction of sp³-hybridized carbons (Fsp3) is 0.389. The molecule has 132 valence electrons. The molecule has 1 saturated heterocycles. The third kappa shape index (κ3) is 4.93. The molecule has 0 spiro atoms. The van der Waals surface area contributed by atoms with Crippen LogP contribution in [0.15, 0.2) is 47.6 Å². The molecule has 0 radical (unpaired) electrons. The highest BCUT2D eigenvalue weighted by molar-refractivity contribution is 7.98. The second-order valence-corrected chi connectivity index (χ2v) is 6.72. The standard InChI is InChI=1S/C18H23N5OS/c1-25-16-6-3-2-5-15(16)21-17(24)7-10-22-11-13-23(14-12-22)18-19-8-4-9-20-18/h2-6,8-9H,7,10-14H2,1H3,(H,21,24). The van der Waals surface area contributed by atoms with E-state index in [1.807, 2.05) is 36.6 Å². The summed E-state index contributed by atoms with van der Waals surface area (Å²) in [5.74, 6) is 0.851. The Labute approximate surface area is 152 Å². The van der Waals surface area contributed by atoms with Crippen molar-refractivity contribution in [1.29, 1.82) is 0 Å². The Bertz CT molecular complexity index is 689. The molecule has 1 fully saturated rings. The number of thioether (sulfide) groups is 1. The minimum Gasteiger partial charge on any atom is -0.338 e. The highest BCUT2D eigenvalue weighted by atomic mass is 32.2. The molecule has 0 aliphatic carbocycles. The molecule has 1 aromatic carbocycles. The summed E-state index contributed by atoms with van der Waals surface area (Å²) in [5, 5.41) is 3.02. The zero-order valence-corrected chi connectivity index (χ0v) is 15.2. The summed E-state index contributed by atoms with van der Waals surface area (Å²) in [4.78, 5) is 26.4. The summed E-state index contributed by atoms with van der Waals surface area (Å²) in [6, 6.07) is 9.72. The van der Waals surface area contributed by atoms with E-state index in [1.54, 1.807) is 24.2 Å². The number of nitrogens with zero attached hydrogens (tertiary/aromatic N) is 4. The number of rotatable bonds is 6. The van der Waals surface area contributed by atoms with Crippen molar-refractivity contribution in [2.24, 2.45) is 0 Å². The monoisotopic (exact) mass is 357 g/mol. The molecule has 0 saturated carbocycles. The molecule has 3 rings (SSSR count). The zero-order valence-electron chi connectivity index (χ0n) is 14.4. The first-order valence-corrected chi connectivity index (χ1v) is 9.66. The van der Waals surface area contributed by atoms with Crippen molar-refractivity contribution in [3.63, 3.8) is 0 Å². The van der Waals surface area contributed by atoms with Crippen molar-refractivity contribution >= 4 is 29.3 Å². The van der Waals surface area contributed by atoms with Gasteiger partial charge < -0.3 is 10.2 Å². The largest absolute Gasteiger partial charge is 0.338 e. The molecule has 0 bridgehead atoms. The normalized spacial score (nSPS) is 15.2. The Morgan fingerprint density at radius 2 is 1.84 bits per heavy atom. The number of anilines is 2. The smallest absolute Gasteiger partial charge is 0.225 e. The minimum absolute atomic E-state index is 0.0651. The van der Waals surface area contributed by atoms with Gasteiger partial charge in [-0.2, -0.15) is 0 Å². The van der Waals surface area contributed by atoms with Gasteiger partial charge in [0.15, 0.2) is 0 Å². The number of amides is 1. The number of para-hydroxylation sites is 1. The first-order valence-electron chi connectivity index (χ1n) is 8.43. The van der Waals surface area contributed by atoms with Crippen LogP contribution in [0.3, 0.4) is 0 Å². The Balaban J connectivity index is 1.43. The number of benzene rings is 1. The first kappa shape index (κ1) is 17.7. The fourth-order valence-electron chi connectivity index (χ4n) is 2.85. The summed E-state index contributed by atoms with van der Waals surface area (Å²) in [5.41, 5.74) is 0.894. The third-order valence-corrected chi connectivity index (χ3v) is 5.04. The topological polar surface area (TPSA) is 61.4 Å². The van der Waals surface area contributed by atoms with Crippen molar-refractivity contribution in [3.05, 3.63) is 42.7 Å². The van der Waals surface area contributed by atoms with Gasteiger partial charge in [0.25, 0.3) is 0 Å². The van der Waals surface area contributed by atoms with Crippen molar-refractivity contribution < 1.29 is 4.79 Å². The lowest BCUT2D eigenvalue weighted by molar-refractivity contribution is -0.116. The summed E-state index contributed by atoms with van der Waals surface area (Å²) in [7, 11) is 0. The van der Waals surface area contributed by atoms with Crippen LogP contribution in [0.25, 0.3) is 0 Å². The molecule has 25 heavy (non-hydrogen) atoms. The number of hydrogen-bond donors (Lipinski definition) is 1. The predicted octanol–water partition coefficient (Wildman–Crippen LogP) is 2.35. The van der Waals surface area contributed by atoms with Crippen LogP contribution in [0.4, 0.5) is 11.6 Å². The van der Waals surface area contributed by atoms with E-state index in [4.69, 9.17) is 0 Å². The fourth-order valence-corrected chi connectivity index (χ4v) is 3.40. The van der Waals surface area contributed by atoms with Gasteiger partial charge in [-0.25, -0.2) is 9.97 Å². The first-order chi connectivity index (χ1) is 12.3. The van der Waals surface area contributed by atoms with Crippen LogP contribution in [0, 0.1) is 0 Å². The van der Waals surface area contributed by atoms with Crippen molar-refractivity contribution in [2.45, 2.75) is 11.3 Å². The maximum Gasteiger partial charge on any atom is 0.225 e.